The molecule has 15 heavy (non-hydrogen) atoms. The van der Waals surface area contributed by atoms with Gasteiger partial charge < -0.3 is 5.32 Å². The lowest BCUT2D eigenvalue weighted by Crippen LogP contribution is -2.25. The highest BCUT2D eigenvalue weighted by Gasteiger charge is 2.06. The molecule has 2 nitrogen and oxygen atoms in total. The van der Waals surface area contributed by atoms with Crippen molar-refractivity contribution in [3.05, 3.63) is 16.1 Å². The molecule has 0 fully saturated rings. The SMILES string of the molecule is Cc1csc(CC(C)CCNC(C)C)n1. The van der Waals surface area contributed by atoms with Crippen molar-refractivity contribution in [2.75, 3.05) is 6.54 Å². The third-order valence-corrected chi connectivity index (χ3v) is 3.37. The number of aryl methyl sites for hydroxylation is 1. The summed E-state index contributed by atoms with van der Waals surface area (Å²) in [6.07, 6.45) is 2.36. The monoisotopic (exact) mass is 226 g/mol. The van der Waals surface area contributed by atoms with E-state index in [4.69, 9.17) is 0 Å². The average Bonchev–Trinajstić information content (AvgIpc) is 2.50. The maximum Gasteiger partial charge on any atom is 0.0930 e. The fourth-order valence-electron chi connectivity index (χ4n) is 1.52. The topological polar surface area (TPSA) is 24.9 Å². The van der Waals surface area contributed by atoms with E-state index in [2.05, 4.69) is 43.4 Å². The molecule has 1 rings (SSSR count). The van der Waals surface area contributed by atoms with E-state index < -0.39 is 0 Å². The summed E-state index contributed by atoms with van der Waals surface area (Å²) in [7, 11) is 0. The van der Waals surface area contributed by atoms with Gasteiger partial charge in [0.2, 0.25) is 0 Å². The second-order valence-electron chi connectivity index (χ2n) is 4.59. The Morgan fingerprint density at radius 3 is 2.67 bits per heavy atom. The Kier molecular flexibility index (Phi) is 5.26. The molecule has 0 saturated heterocycles. The van der Waals surface area contributed by atoms with E-state index in [1.807, 2.05) is 0 Å². The van der Waals surface area contributed by atoms with Crippen LogP contribution in [0.1, 0.15) is 37.9 Å². The molecule has 3 heteroatoms. The van der Waals surface area contributed by atoms with Gasteiger partial charge >= 0.3 is 0 Å². The number of hydrogen-bond donors (Lipinski definition) is 1. The van der Waals surface area contributed by atoms with Crippen molar-refractivity contribution in [3.8, 4) is 0 Å². The first-order valence-corrected chi connectivity index (χ1v) is 6.60. The van der Waals surface area contributed by atoms with Crippen LogP contribution in [0.15, 0.2) is 5.38 Å². The van der Waals surface area contributed by atoms with Gasteiger partial charge in [0.15, 0.2) is 0 Å². The quantitative estimate of drug-likeness (QED) is 0.806. The van der Waals surface area contributed by atoms with Crippen LogP contribution in [-0.2, 0) is 6.42 Å². The molecule has 0 radical (unpaired) electrons. The van der Waals surface area contributed by atoms with Crippen molar-refractivity contribution in [1.29, 1.82) is 0 Å². The third-order valence-electron chi connectivity index (χ3n) is 2.38. The molecule has 0 aliphatic carbocycles. The lowest BCUT2D eigenvalue weighted by Gasteiger charge is -2.12. The molecule has 1 unspecified atom stereocenters. The van der Waals surface area contributed by atoms with Crippen molar-refractivity contribution in [2.24, 2.45) is 5.92 Å². The normalized spacial score (nSPS) is 13.4. The minimum atomic E-state index is 0.597. The van der Waals surface area contributed by atoms with Gasteiger partial charge in [-0.25, -0.2) is 4.98 Å². The molecule has 1 aromatic heterocycles. The Labute approximate surface area is 97.1 Å². The van der Waals surface area contributed by atoms with Crippen LogP contribution in [0, 0.1) is 12.8 Å². The predicted octanol–water partition coefficient (Wildman–Crippen LogP) is 3.02. The van der Waals surface area contributed by atoms with Crippen LogP contribution in [0.4, 0.5) is 0 Å². The van der Waals surface area contributed by atoms with E-state index in [1.54, 1.807) is 11.3 Å². The van der Waals surface area contributed by atoms with Crippen LogP contribution in [0.3, 0.4) is 0 Å². The standard InChI is InChI=1S/C12H22N2S/c1-9(2)13-6-5-10(3)7-12-14-11(4)8-15-12/h8-10,13H,5-7H2,1-4H3. The maximum absolute atomic E-state index is 4.49. The molecule has 1 N–H and O–H groups in total. The first-order valence-electron chi connectivity index (χ1n) is 5.72. The Morgan fingerprint density at radius 1 is 1.40 bits per heavy atom. The first-order chi connectivity index (χ1) is 7.08. The lowest BCUT2D eigenvalue weighted by atomic mass is 10.0. The molecule has 0 aliphatic rings. The van der Waals surface area contributed by atoms with Gasteiger partial charge in [0.25, 0.3) is 0 Å². The minimum Gasteiger partial charge on any atom is -0.315 e. The predicted molar refractivity (Wildman–Crippen MR) is 67.5 cm³/mol. The van der Waals surface area contributed by atoms with Gasteiger partial charge in [0, 0.05) is 23.5 Å². The number of nitrogens with one attached hydrogen (secondary N) is 1. The summed E-state index contributed by atoms with van der Waals surface area (Å²) >= 11 is 1.79. The summed E-state index contributed by atoms with van der Waals surface area (Å²) in [5.74, 6) is 0.724. The average molecular weight is 226 g/mol. The highest BCUT2D eigenvalue weighted by atomic mass is 32.1. The van der Waals surface area contributed by atoms with Crippen molar-refractivity contribution in [1.82, 2.24) is 10.3 Å². The van der Waals surface area contributed by atoms with E-state index in [1.165, 1.54) is 11.4 Å². The molecule has 0 saturated carbocycles. The van der Waals surface area contributed by atoms with Gasteiger partial charge in [-0.05, 0) is 25.8 Å². The summed E-state index contributed by atoms with van der Waals surface area (Å²) in [5, 5.41) is 6.87. The number of nitrogens with zero attached hydrogens (tertiary/aromatic N) is 1. The Bertz CT molecular complexity index is 281. The number of rotatable bonds is 6. The molecule has 1 atom stereocenters. The first kappa shape index (κ1) is 12.7. The van der Waals surface area contributed by atoms with Gasteiger partial charge in [-0.2, -0.15) is 0 Å². The van der Waals surface area contributed by atoms with Crippen LogP contribution >= 0.6 is 11.3 Å². The summed E-state index contributed by atoms with van der Waals surface area (Å²) < 4.78 is 0. The smallest absolute Gasteiger partial charge is 0.0930 e. The Morgan fingerprint density at radius 2 is 2.13 bits per heavy atom. The van der Waals surface area contributed by atoms with E-state index in [0.29, 0.717) is 6.04 Å². The van der Waals surface area contributed by atoms with Crippen LogP contribution < -0.4 is 5.32 Å². The van der Waals surface area contributed by atoms with E-state index in [0.717, 1.165) is 24.6 Å². The van der Waals surface area contributed by atoms with Crippen LogP contribution in [0.5, 0.6) is 0 Å². The Balaban J connectivity index is 2.21. The Hall–Kier alpha value is -0.410. The van der Waals surface area contributed by atoms with Gasteiger partial charge in [-0.3, -0.25) is 0 Å². The number of hydrogen-bond acceptors (Lipinski definition) is 3. The van der Waals surface area contributed by atoms with E-state index in [9.17, 15) is 0 Å². The van der Waals surface area contributed by atoms with Crippen LogP contribution in [-0.4, -0.2) is 17.6 Å². The molecule has 0 spiro atoms. The summed E-state index contributed by atoms with van der Waals surface area (Å²) in [4.78, 5) is 4.49. The van der Waals surface area contributed by atoms with Crippen molar-refractivity contribution < 1.29 is 0 Å². The van der Waals surface area contributed by atoms with Crippen LogP contribution in [0.25, 0.3) is 0 Å². The highest BCUT2D eigenvalue weighted by Crippen LogP contribution is 2.15. The van der Waals surface area contributed by atoms with Gasteiger partial charge in [0.1, 0.15) is 0 Å². The molecule has 0 amide bonds. The zero-order valence-corrected chi connectivity index (χ0v) is 11.0. The van der Waals surface area contributed by atoms with Crippen molar-refractivity contribution in [3.63, 3.8) is 0 Å². The second-order valence-corrected chi connectivity index (χ2v) is 5.53. The molecule has 0 aliphatic heterocycles. The minimum absolute atomic E-state index is 0.597. The summed E-state index contributed by atoms with van der Waals surface area (Å²) in [5.41, 5.74) is 1.16. The fraction of sp³-hybridized carbons (Fsp3) is 0.750. The molecule has 0 aromatic carbocycles. The summed E-state index contributed by atoms with van der Waals surface area (Å²) in [6.45, 7) is 9.86. The molecule has 1 aromatic rings. The third kappa shape index (κ3) is 5.28. The van der Waals surface area contributed by atoms with E-state index in [-0.39, 0.29) is 0 Å². The zero-order chi connectivity index (χ0) is 11.3. The zero-order valence-electron chi connectivity index (χ0n) is 10.2. The van der Waals surface area contributed by atoms with Gasteiger partial charge in [0.05, 0.1) is 5.01 Å². The summed E-state index contributed by atoms with van der Waals surface area (Å²) in [6, 6.07) is 0.597. The highest BCUT2D eigenvalue weighted by molar-refractivity contribution is 7.09. The molecule has 0 bridgehead atoms. The maximum atomic E-state index is 4.49. The molecule has 86 valence electrons. The molecular weight excluding hydrogens is 204 g/mol. The lowest BCUT2D eigenvalue weighted by molar-refractivity contribution is 0.475. The van der Waals surface area contributed by atoms with Gasteiger partial charge in [-0.1, -0.05) is 20.8 Å². The van der Waals surface area contributed by atoms with Crippen LogP contribution in [0.2, 0.25) is 0 Å². The number of thiazole rings is 1. The van der Waals surface area contributed by atoms with E-state index >= 15 is 0 Å². The van der Waals surface area contributed by atoms with Crippen molar-refractivity contribution >= 4 is 11.3 Å². The molecular formula is C12H22N2S. The number of aromatic nitrogens is 1. The fourth-order valence-corrected chi connectivity index (χ4v) is 2.45. The van der Waals surface area contributed by atoms with Gasteiger partial charge in [-0.15, -0.1) is 11.3 Å². The largest absolute Gasteiger partial charge is 0.315 e. The molecule has 1 heterocycles. The second kappa shape index (κ2) is 6.23. The van der Waals surface area contributed by atoms with Crippen molar-refractivity contribution in [2.45, 2.75) is 46.6 Å².